The van der Waals surface area contributed by atoms with Gasteiger partial charge in [0, 0.05) is 55.7 Å². The summed E-state index contributed by atoms with van der Waals surface area (Å²) in [4.78, 5) is 26.0. The van der Waals surface area contributed by atoms with Crippen LogP contribution in [0.4, 0.5) is 5.82 Å². The molecule has 0 aliphatic carbocycles. The van der Waals surface area contributed by atoms with Gasteiger partial charge in [0.15, 0.2) is 0 Å². The lowest BCUT2D eigenvalue weighted by Crippen LogP contribution is -2.36. The number of amidine groups is 1. The van der Waals surface area contributed by atoms with Crippen molar-refractivity contribution >= 4 is 11.7 Å². The molecule has 2 aliphatic heterocycles. The van der Waals surface area contributed by atoms with E-state index in [9.17, 15) is 0 Å². The fourth-order valence-corrected chi connectivity index (χ4v) is 5.12. The van der Waals surface area contributed by atoms with Gasteiger partial charge in [-0.2, -0.15) is 5.26 Å². The third-order valence-corrected chi connectivity index (χ3v) is 7.30. The van der Waals surface area contributed by atoms with E-state index in [1.54, 1.807) is 18.6 Å². The summed E-state index contributed by atoms with van der Waals surface area (Å²) in [5, 5.41) is 9.08. The van der Waals surface area contributed by atoms with E-state index in [2.05, 4.69) is 43.0 Å². The van der Waals surface area contributed by atoms with Crippen LogP contribution in [0.25, 0.3) is 22.9 Å². The number of nitriles is 1. The molecule has 5 aromatic rings. The van der Waals surface area contributed by atoms with Crippen molar-refractivity contribution in [3.63, 3.8) is 0 Å². The predicted molar refractivity (Wildman–Crippen MR) is 167 cm³/mol. The van der Waals surface area contributed by atoms with Gasteiger partial charge in [-0.05, 0) is 24.3 Å². The Morgan fingerprint density at radius 3 is 2.05 bits per heavy atom. The normalized spacial score (nSPS) is 14.0. The molecular weight excluding hydrogens is 552 g/mol. The highest BCUT2D eigenvalue weighted by molar-refractivity contribution is 6.01. The Kier molecular flexibility index (Phi) is 8.36. The number of aromatic nitrogens is 4. The van der Waals surface area contributed by atoms with Crippen LogP contribution >= 0.6 is 0 Å². The zero-order valence-electron chi connectivity index (χ0n) is 24.1. The smallest absolute Gasteiger partial charge is 0.226 e. The lowest BCUT2D eigenvalue weighted by molar-refractivity contribution is 0.342. The molecule has 0 spiro atoms. The van der Waals surface area contributed by atoms with E-state index in [-0.39, 0.29) is 0 Å². The van der Waals surface area contributed by atoms with Crippen molar-refractivity contribution in [3.05, 3.63) is 127 Å². The van der Waals surface area contributed by atoms with Gasteiger partial charge >= 0.3 is 0 Å². The first-order chi connectivity index (χ1) is 21.6. The zero-order valence-corrected chi connectivity index (χ0v) is 24.1. The van der Waals surface area contributed by atoms with Crippen LogP contribution in [0, 0.1) is 11.3 Å². The van der Waals surface area contributed by atoms with Gasteiger partial charge in [0.25, 0.3) is 0 Å². The number of hydrogen-bond acceptors (Lipinski definition) is 9. The first-order valence-corrected chi connectivity index (χ1v) is 14.2. The van der Waals surface area contributed by atoms with Crippen LogP contribution in [0.15, 0.2) is 118 Å². The Morgan fingerprint density at radius 2 is 1.48 bits per heavy atom. The number of aliphatic imine (C=N–C) groups is 1. The molecule has 5 heterocycles. The lowest BCUT2D eigenvalue weighted by Gasteiger charge is -2.27. The molecule has 44 heavy (non-hydrogen) atoms. The molecule has 0 atom stereocenters. The highest BCUT2D eigenvalue weighted by atomic mass is 16.4. The van der Waals surface area contributed by atoms with Crippen molar-refractivity contribution in [2.45, 2.75) is 25.9 Å². The van der Waals surface area contributed by atoms with E-state index in [4.69, 9.17) is 14.1 Å². The molecule has 2 aromatic carbocycles. The standard InChI is InChI=1S/C18H16N4O.C16H14N4O/c1-3-20-17(13(2)11-19)22-10-9-15-16(12-22)23-18(21-15)14-7-5-4-6-8-14;1-2-4-12(5-3-1)16-19-13-6-9-20(11-14(13)21-16)15-10-17-7-8-18-15/h3-8H,1-2,9-10,12H2;1-5,7-8,10H,6,9,11H2. The summed E-state index contributed by atoms with van der Waals surface area (Å²) in [6.45, 7) is 10.1. The minimum atomic E-state index is 0.316. The number of fused-ring (bicyclic) bond motifs is 2. The maximum Gasteiger partial charge on any atom is 0.226 e. The van der Waals surface area contributed by atoms with E-state index in [0.29, 0.717) is 42.8 Å². The zero-order chi connectivity index (χ0) is 30.3. The largest absolute Gasteiger partial charge is 0.439 e. The minimum Gasteiger partial charge on any atom is -0.439 e. The molecule has 0 fully saturated rings. The number of oxazole rings is 2. The van der Waals surface area contributed by atoms with Crippen LogP contribution in [-0.2, 0) is 25.9 Å². The number of benzene rings is 2. The van der Waals surface area contributed by atoms with Gasteiger partial charge in [-0.3, -0.25) is 4.98 Å². The van der Waals surface area contributed by atoms with Crippen LogP contribution in [0.2, 0.25) is 0 Å². The van der Waals surface area contributed by atoms with Crippen molar-refractivity contribution < 1.29 is 8.83 Å². The SMILES string of the molecule is C=CN=C(C(=C)C#N)N1CCc2nc(-c3ccccc3)oc2C1.c1ccc(-c2nc3c(o2)CN(c2cnccn2)CC3)cc1. The Hall–Kier alpha value is -5.82. The van der Waals surface area contributed by atoms with Gasteiger partial charge in [-0.25, -0.2) is 19.9 Å². The van der Waals surface area contributed by atoms with E-state index >= 15 is 0 Å². The first kappa shape index (κ1) is 28.3. The van der Waals surface area contributed by atoms with Crippen molar-refractivity contribution in [1.82, 2.24) is 24.8 Å². The highest BCUT2D eigenvalue weighted by Crippen LogP contribution is 2.28. The maximum absolute atomic E-state index is 9.08. The molecule has 2 aliphatic rings. The number of anilines is 1. The first-order valence-electron chi connectivity index (χ1n) is 14.2. The van der Waals surface area contributed by atoms with Crippen LogP contribution < -0.4 is 4.90 Å². The molecule has 218 valence electrons. The van der Waals surface area contributed by atoms with Gasteiger partial charge in [0.1, 0.15) is 29.2 Å². The van der Waals surface area contributed by atoms with Crippen LogP contribution in [0.3, 0.4) is 0 Å². The summed E-state index contributed by atoms with van der Waals surface area (Å²) in [6, 6.07) is 21.8. The van der Waals surface area contributed by atoms with Crippen LogP contribution in [-0.4, -0.2) is 43.8 Å². The van der Waals surface area contributed by atoms with Crippen molar-refractivity contribution in [3.8, 4) is 29.0 Å². The van der Waals surface area contributed by atoms with Gasteiger partial charge < -0.3 is 18.6 Å². The molecule has 7 rings (SSSR count). The molecule has 10 heteroatoms. The average Bonchev–Trinajstić information content (AvgIpc) is 3.72. The van der Waals surface area contributed by atoms with E-state index in [1.807, 2.05) is 71.6 Å². The topological polar surface area (TPSA) is 120 Å². The Labute approximate surface area is 255 Å². The van der Waals surface area contributed by atoms with Crippen LogP contribution in [0.1, 0.15) is 22.9 Å². The lowest BCUT2D eigenvalue weighted by atomic mass is 10.1. The summed E-state index contributed by atoms with van der Waals surface area (Å²) in [5.41, 5.74) is 4.29. The monoisotopic (exact) mass is 582 g/mol. The molecule has 0 unspecified atom stereocenters. The molecule has 0 radical (unpaired) electrons. The maximum atomic E-state index is 9.08. The van der Waals surface area contributed by atoms with Gasteiger partial charge in [0.2, 0.25) is 11.8 Å². The highest BCUT2D eigenvalue weighted by Gasteiger charge is 2.26. The molecule has 0 saturated carbocycles. The van der Waals surface area contributed by atoms with Crippen molar-refractivity contribution in [2.75, 3.05) is 18.0 Å². The molecular formula is C34H30N8O2. The average molecular weight is 583 g/mol. The summed E-state index contributed by atoms with van der Waals surface area (Å²) in [6.07, 6.45) is 8.19. The number of rotatable bonds is 5. The second kappa shape index (κ2) is 13.0. The van der Waals surface area contributed by atoms with Gasteiger partial charge in [0.05, 0.1) is 36.2 Å². The molecule has 0 saturated heterocycles. The third-order valence-electron chi connectivity index (χ3n) is 7.30. The summed E-state index contributed by atoms with van der Waals surface area (Å²) in [5.74, 6) is 4.45. The molecule has 10 nitrogen and oxygen atoms in total. The Balaban J connectivity index is 0.000000156. The predicted octanol–water partition coefficient (Wildman–Crippen LogP) is 6.02. The van der Waals surface area contributed by atoms with E-state index < -0.39 is 0 Å². The van der Waals surface area contributed by atoms with Crippen molar-refractivity contribution in [2.24, 2.45) is 4.99 Å². The third kappa shape index (κ3) is 6.17. The fourth-order valence-electron chi connectivity index (χ4n) is 5.12. The molecule has 0 bridgehead atoms. The molecule has 3 aromatic heterocycles. The molecule has 0 N–H and O–H groups in total. The van der Waals surface area contributed by atoms with Crippen molar-refractivity contribution in [1.29, 1.82) is 5.26 Å². The quantitative estimate of drug-likeness (QED) is 0.139. The Bertz CT molecular complexity index is 1820. The summed E-state index contributed by atoms with van der Waals surface area (Å²) in [7, 11) is 0. The second-order valence-electron chi connectivity index (χ2n) is 10.1. The van der Waals surface area contributed by atoms with E-state index in [1.165, 1.54) is 6.20 Å². The van der Waals surface area contributed by atoms with E-state index in [0.717, 1.165) is 59.2 Å². The fraction of sp³-hybridized carbons (Fsp3) is 0.176. The number of nitrogens with zero attached hydrogens (tertiary/aromatic N) is 8. The summed E-state index contributed by atoms with van der Waals surface area (Å²) < 4.78 is 11.9. The molecule has 0 amide bonds. The Morgan fingerprint density at radius 1 is 0.864 bits per heavy atom. The summed E-state index contributed by atoms with van der Waals surface area (Å²) >= 11 is 0. The van der Waals surface area contributed by atoms with Gasteiger partial charge in [-0.1, -0.05) is 49.6 Å². The van der Waals surface area contributed by atoms with Gasteiger partial charge in [-0.15, -0.1) is 0 Å². The second-order valence-corrected chi connectivity index (χ2v) is 10.1. The number of hydrogen-bond donors (Lipinski definition) is 0. The minimum absolute atomic E-state index is 0.316. The van der Waals surface area contributed by atoms with Crippen LogP contribution in [0.5, 0.6) is 0 Å².